The summed E-state index contributed by atoms with van der Waals surface area (Å²) in [5.74, 6) is -0.999. The zero-order valence-electron chi connectivity index (χ0n) is 14.5. The van der Waals surface area contributed by atoms with Crippen LogP contribution in [0.25, 0.3) is 0 Å². The maximum Gasteiger partial charge on any atom is 0.326 e. The number of nitrogens with zero attached hydrogens (tertiary/aromatic N) is 1. The molecular formula is C18H24N2O5. The summed E-state index contributed by atoms with van der Waals surface area (Å²) in [5.41, 5.74) is 0.633. The normalized spacial score (nSPS) is 17.4. The number of ether oxygens (including phenoxy) is 1. The average Bonchev–Trinajstić information content (AvgIpc) is 2.60. The molecule has 0 saturated carbocycles. The number of fused-ring (bicyclic) bond motifs is 1. The van der Waals surface area contributed by atoms with Crippen molar-refractivity contribution in [3.8, 4) is 5.75 Å². The third kappa shape index (κ3) is 4.49. The summed E-state index contributed by atoms with van der Waals surface area (Å²) in [6, 6.07) is 6.30. The van der Waals surface area contributed by atoms with Crippen molar-refractivity contribution in [3.05, 3.63) is 24.3 Å². The van der Waals surface area contributed by atoms with E-state index in [1.165, 1.54) is 0 Å². The number of carbonyl (C=O) groups is 3. The van der Waals surface area contributed by atoms with E-state index in [1.54, 1.807) is 23.1 Å². The highest BCUT2D eigenvalue weighted by Crippen LogP contribution is 2.34. The largest absolute Gasteiger partial charge is 0.480 e. The van der Waals surface area contributed by atoms with Crippen LogP contribution in [0.4, 0.5) is 5.69 Å². The molecular weight excluding hydrogens is 324 g/mol. The lowest BCUT2D eigenvalue weighted by Crippen LogP contribution is -2.47. The molecule has 0 aromatic heterocycles. The van der Waals surface area contributed by atoms with Crippen LogP contribution in [0.5, 0.6) is 5.75 Å². The highest BCUT2D eigenvalue weighted by molar-refractivity contribution is 6.00. The number of hydrogen-bond acceptors (Lipinski definition) is 4. The van der Waals surface area contributed by atoms with Crippen molar-refractivity contribution >= 4 is 23.5 Å². The molecule has 0 aliphatic carbocycles. The number of carboxylic acids is 1. The van der Waals surface area contributed by atoms with Crippen LogP contribution in [0.3, 0.4) is 0 Å². The molecule has 0 bridgehead atoms. The number of carboxylic acid groups (broad SMARTS) is 1. The second kappa shape index (κ2) is 8.50. The first kappa shape index (κ1) is 18.8. The van der Waals surface area contributed by atoms with Gasteiger partial charge >= 0.3 is 5.97 Å². The van der Waals surface area contributed by atoms with Crippen molar-refractivity contribution in [3.63, 3.8) is 0 Å². The molecule has 1 aliphatic rings. The molecule has 0 fully saturated rings. The lowest BCUT2D eigenvalue weighted by atomic mass is 10.1. The number of hydrogen-bond donors (Lipinski definition) is 2. The number of para-hydroxylation sites is 2. The van der Waals surface area contributed by atoms with Crippen molar-refractivity contribution in [1.82, 2.24) is 5.32 Å². The van der Waals surface area contributed by atoms with Crippen molar-refractivity contribution in [2.75, 3.05) is 11.4 Å². The second-order valence-electron chi connectivity index (χ2n) is 5.97. The fraction of sp³-hybridized carbons (Fsp3) is 0.500. The van der Waals surface area contributed by atoms with Gasteiger partial charge in [0.15, 0.2) is 6.10 Å². The summed E-state index contributed by atoms with van der Waals surface area (Å²) in [6.07, 6.45) is 1.03. The van der Waals surface area contributed by atoms with Gasteiger partial charge in [-0.15, -0.1) is 0 Å². The van der Waals surface area contributed by atoms with Gasteiger partial charge in [-0.25, -0.2) is 4.79 Å². The van der Waals surface area contributed by atoms with Gasteiger partial charge in [-0.2, -0.15) is 0 Å². The predicted molar refractivity (Wildman–Crippen MR) is 92.6 cm³/mol. The van der Waals surface area contributed by atoms with E-state index in [2.05, 4.69) is 5.32 Å². The van der Waals surface area contributed by atoms with Crippen molar-refractivity contribution < 1.29 is 24.2 Å². The minimum absolute atomic E-state index is 0.0317. The standard InChI is InChI=1S/C18H24N2O5/c1-3-7-12(18(23)24)19-16(21)10-11-20-13-8-5-6-9-15(13)25-14(4-2)17(20)22/h5-6,8-9,12,14H,3-4,7,10-11H2,1-2H3,(H,19,21)(H,23,24). The van der Waals surface area contributed by atoms with Crippen LogP contribution in [0.2, 0.25) is 0 Å². The Kier molecular flexibility index (Phi) is 6.38. The Morgan fingerprint density at radius 3 is 2.68 bits per heavy atom. The van der Waals surface area contributed by atoms with Gasteiger partial charge in [-0.1, -0.05) is 32.4 Å². The fourth-order valence-electron chi connectivity index (χ4n) is 2.79. The monoisotopic (exact) mass is 348 g/mol. The Morgan fingerprint density at radius 2 is 2.04 bits per heavy atom. The number of anilines is 1. The third-order valence-electron chi connectivity index (χ3n) is 4.11. The van der Waals surface area contributed by atoms with Crippen LogP contribution >= 0.6 is 0 Å². The van der Waals surface area contributed by atoms with E-state index in [0.717, 1.165) is 0 Å². The van der Waals surface area contributed by atoms with Crippen LogP contribution in [0.15, 0.2) is 24.3 Å². The number of nitrogens with one attached hydrogen (secondary N) is 1. The van der Waals surface area contributed by atoms with E-state index in [1.807, 2.05) is 19.9 Å². The van der Waals surface area contributed by atoms with Crippen LogP contribution in [-0.2, 0) is 14.4 Å². The van der Waals surface area contributed by atoms with Gasteiger partial charge in [0.05, 0.1) is 5.69 Å². The van der Waals surface area contributed by atoms with Crippen LogP contribution in [0.1, 0.15) is 39.5 Å². The van der Waals surface area contributed by atoms with E-state index in [-0.39, 0.29) is 24.8 Å². The number of amides is 2. The van der Waals surface area contributed by atoms with Crippen LogP contribution in [0, 0.1) is 0 Å². The molecule has 1 aromatic rings. The first-order valence-corrected chi connectivity index (χ1v) is 8.57. The summed E-state index contributed by atoms with van der Waals surface area (Å²) in [5, 5.41) is 11.6. The summed E-state index contributed by atoms with van der Waals surface area (Å²) in [4.78, 5) is 37.3. The highest BCUT2D eigenvalue weighted by Gasteiger charge is 2.33. The van der Waals surface area contributed by atoms with Gasteiger partial charge in [0.2, 0.25) is 5.91 Å². The molecule has 2 rings (SSSR count). The van der Waals surface area contributed by atoms with Crippen LogP contribution < -0.4 is 15.0 Å². The predicted octanol–water partition coefficient (Wildman–Crippen LogP) is 1.95. The Morgan fingerprint density at radius 1 is 1.32 bits per heavy atom. The molecule has 0 spiro atoms. The highest BCUT2D eigenvalue weighted by atomic mass is 16.5. The summed E-state index contributed by atoms with van der Waals surface area (Å²) < 4.78 is 5.69. The third-order valence-corrected chi connectivity index (χ3v) is 4.11. The summed E-state index contributed by atoms with van der Waals surface area (Å²) >= 11 is 0. The van der Waals surface area contributed by atoms with Gasteiger partial charge in [0.25, 0.3) is 5.91 Å². The molecule has 2 amide bonds. The molecule has 1 heterocycles. The molecule has 2 N–H and O–H groups in total. The minimum atomic E-state index is -1.05. The van der Waals surface area contributed by atoms with E-state index in [9.17, 15) is 14.4 Å². The molecule has 1 aromatic carbocycles. The maximum atomic E-state index is 12.5. The SMILES string of the molecule is CCCC(NC(=O)CCN1C(=O)C(CC)Oc2ccccc21)C(=O)O. The van der Waals surface area contributed by atoms with Crippen molar-refractivity contribution in [2.24, 2.45) is 0 Å². The molecule has 2 atom stereocenters. The number of benzene rings is 1. The Labute approximate surface area is 147 Å². The van der Waals surface area contributed by atoms with E-state index in [4.69, 9.17) is 9.84 Å². The van der Waals surface area contributed by atoms with Gasteiger partial charge in [0, 0.05) is 13.0 Å². The quantitative estimate of drug-likeness (QED) is 0.748. The van der Waals surface area contributed by atoms with Gasteiger partial charge < -0.3 is 20.1 Å². The van der Waals surface area contributed by atoms with Gasteiger partial charge in [0.1, 0.15) is 11.8 Å². The Hall–Kier alpha value is -2.57. The zero-order valence-corrected chi connectivity index (χ0v) is 14.5. The first-order chi connectivity index (χ1) is 12.0. The van der Waals surface area contributed by atoms with Gasteiger partial charge in [-0.3, -0.25) is 9.59 Å². The average molecular weight is 348 g/mol. The number of rotatable bonds is 8. The molecule has 25 heavy (non-hydrogen) atoms. The molecule has 136 valence electrons. The molecule has 7 heteroatoms. The molecule has 0 radical (unpaired) electrons. The van der Waals surface area contributed by atoms with E-state index < -0.39 is 18.1 Å². The maximum absolute atomic E-state index is 12.5. The zero-order chi connectivity index (χ0) is 18.4. The molecule has 7 nitrogen and oxygen atoms in total. The topological polar surface area (TPSA) is 95.9 Å². The summed E-state index contributed by atoms with van der Waals surface area (Å²) in [7, 11) is 0. The lowest BCUT2D eigenvalue weighted by Gasteiger charge is -2.34. The number of carbonyl (C=O) groups excluding carboxylic acids is 2. The van der Waals surface area contributed by atoms with Crippen molar-refractivity contribution in [2.45, 2.75) is 51.7 Å². The summed E-state index contributed by atoms with van der Waals surface area (Å²) in [6.45, 7) is 3.90. The molecule has 1 aliphatic heterocycles. The Bertz CT molecular complexity index is 646. The second-order valence-corrected chi connectivity index (χ2v) is 5.97. The number of aliphatic carboxylic acids is 1. The fourth-order valence-corrected chi connectivity index (χ4v) is 2.79. The minimum Gasteiger partial charge on any atom is -0.480 e. The van der Waals surface area contributed by atoms with E-state index in [0.29, 0.717) is 30.7 Å². The molecule has 0 saturated heterocycles. The van der Waals surface area contributed by atoms with E-state index >= 15 is 0 Å². The Balaban J connectivity index is 2.04. The lowest BCUT2D eigenvalue weighted by molar-refractivity contribution is -0.142. The van der Waals surface area contributed by atoms with Crippen LogP contribution in [-0.4, -0.2) is 41.6 Å². The first-order valence-electron chi connectivity index (χ1n) is 8.57. The smallest absolute Gasteiger partial charge is 0.326 e. The molecule has 2 unspecified atom stereocenters. The van der Waals surface area contributed by atoms with Gasteiger partial charge in [-0.05, 0) is 25.0 Å². The van der Waals surface area contributed by atoms with Crippen molar-refractivity contribution in [1.29, 1.82) is 0 Å².